The van der Waals surface area contributed by atoms with Gasteiger partial charge in [0.05, 0.1) is 6.04 Å². The van der Waals surface area contributed by atoms with E-state index < -0.39 is 19.5 Å². The fourth-order valence-corrected chi connectivity index (χ4v) is 4.86. The third-order valence-electron chi connectivity index (χ3n) is 5.11. The molecule has 2 atom stereocenters. The summed E-state index contributed by atoms with van der Waals surface area (Å²) in [5.41, 5.74) is 3.02. The Labute approximate surface area is 178 Å². The molecule has 0 saturated carbocycles. The molecule has 1 N–H and O–H groups in total. The maximum absolute atomic E-state index is 13.2. The van der Waals surface area contributed by atoms with Crippen LogP contribution >= 0.6 is 7.60 Å². The molecule has 30 heavy (non-hydrogen) atoms. The monoisotopic (exact) mass is 425 g/mol. The number of rotatable bonds is 10. The quantitative estimate of drug-likeness (QED) is 0.451. The van der Waals surface area contributed by atoms with Crippen molar-refractivity contribution in [1.29, 1.82) is 0 Å². The van der Waals surface area contributed by atoms with Gasteiger partial charge in [0.2, 0.25) is 0 Å². The Balaban J connectivity index is 2.06. The van der Waals surface area contributed by atoms with Gasteiger partial charge in [-0.3, -0.25) is 9.46 Å². The van der Waals surface area contributed by atoms with E-state index in [1.54, 1.807) is 0 Å². The summed E-state index contributed by atoms with van der Waals surface area (Å²) in [5.74, 6) is -1.36. The molecule has 0 aliphatic carbocycles. The summed E-state index contributed by atoms with van der Waals surface area (Å²) in [6, 6.07) is 29.0. The number of aliphatic hydroxyl groups excluding tert-OH is 1. The second kappa shape index (κ2) is 10.7. The van der Waals surface area contributed by atoms with Crippen LogP contribution in [-0.2, 0) is 26.7 Å². The SMILES string of the molecule is COP(=O)(OC)[C@H](O)[C@H](c1ccccc1)N(Cc1ccccc1)Cc1ccccc1. The molecule has 3 aromatic carbocycles. The van der Waals surface area contributed by atoms with Gasteiger partial charge in [-0.15, -0.1) is 0 Å². The average Bonchev–Trinajstić information content (AvgIpc) is 2.80. The summed E-state index contributed by atoms with van der Waals surface area (Å²) in [5, 5.41) is 11.3. The van der Waals surface area contributed by atoms with Gasteiger partial charge in [-0.1, -0.05) is 91.0 Å². The lowest BCUT2D eigenvalue weighted by molar-refractivity contribution is 0.0618. The number of hydrogen-bond acceptors (Lipinski definition) is 5. The molecule has 0 fully saturated rings. The Hall–Kier alpha value is -2.27. The van der Waals surface area contributed by atoms with Crippen LogP contribution < -0.4 is 0 Å². The molecular weight excluding hydrogens is 397 g/mol. The minimum atomic E-state index is -3.74. The molecule has 0 bridgehead atoms. The van der Waals surface area contributed by atoms with Gasteiger partial charge in [-0.2, -0.15) is 0 Å². The molecule has 6 heteroatoms. The first-order valence-electron chi connectivity index (χ1n) is 9.83. The lowest BCUT2D eigenvalue weighted by atomic mass is 10.0. The van der Waals surface area contributed by atoms with Crippen molar-refractivity contribution >= 4 is 7.60 Å². The first-order valence-corrected chi connectivity index (χ1v) is 11.4. The van der Waals surface area contributed by atoms with Gasteiger partial charge in [-0.25, -0.2) is 0 Å². The molecular formula is C24H28NO4P. The molecule has 0 heterocycles. The van der Waals surface area contributed by atoms with Crippen LogP contribution in [0.2, 0.25) is 0 Å². The summed E-state index contributed by atoms with van der Waals surface area (Å²) in [7, 11) is -1.14. The van der Waals surface area contributed by atoms with Gasteiger partial charge in [0.1, 0.15) is 0 Å². The molecule has 158 valence electrons. The summed E-state index contributed by atoms with van der Waals surface area (Å²) >= 11 is 0. The van der Waals surface area contributed by atoms with Crippen molar-refractivity contribution in [2.24, 2.45) is 0 Å². The van der Waals surface area contributed by atoms with Gasteiger partial charge in [0, 0.05) is 27.3 Å². The van der Waals surface area contributed by atoms with E-state index in [1.807, 2.05) is 91.0 Å². The number of hydrogen-bond donors (Lipinski definition) is 1. The molecule has 0 spiro atoms. The van der Waals surface area contributed by atoms with Crippen LogP contribution in [0.15, 0.2) is 91.0 Å². The molecule has 0 aliphatic heterocycles. The molecule has 0 radical (unpaired) electrons. The summed E-state index contributed by atoms with van der Waals surface area (Å²) < 4.78 is 23.5. The predicted molar refractivity (Wildman–Crippen MR) is 119 cm³/mol. The van der Waals surface area contributed by atoms with Crippen LogP contribution in [0.25, 0.3) is 0 Å². The third kappa shape index (κ3) is 5.45. The van der Waals surface area contributed by atoms with Crippen LogP contribution in [-0.4, -0.2) is 30.1 Å². The maximum atomic E-state index is 13.2. The first kappa shape index (κ1) is 22.4. The van der Waals surface area contributed by atoms with Crippen LogP contribution in [0.1, 0.15) is 22.7 Å². The van der Waals surface area contributed by atoms with Crippen LogP contribution in [0.5, 0.6) is 0 Å². The fraction of sp³-hybridized carbons (Fsp3) is 0.250. The van der Waals surface area contributed by atoms with E-state index in [9.17, 15) is 9.67 Å². The van der Waals surface area contributed by atoms with Crippen molar-refractivity contribution in [2.75, 3.05) is 14.2 Å². The molecule has 5 nitrogen and oxygen atoms in total. The van der Waals surface area contributed by atoms with Crippen molar-refractivity contribution in [3.63, 3.8) is 0 Å². The highest BCUT2D eigenvalue weighted by atomic mass is 31.2. The summed E-state index contributed by atoms with van der Waals surface area (Å²) in [6.07, 6.45) is 0. The minimum Gasteiger partial charge on any atom is -0.379 e. The second-order valence-electron chi connectivity index (χ2n) is 7.05. The Bertz CT molecular complexity index is 888. The third-order valence-corrected chi connectivity index (χ3v) is 7.06. The van der Waals surface area contributed by atoms with E-state index in [0.29, 0.717) is 13.1 Å². The predicted octanol–water partition coefficient (Wildman–Crippen LogP) is 5.23. The smallest absolute Gasteiger partial charge is 0.360 e. The lowest BCUT2D eigenvalue weighted by Crippen LogP contribution is -2.36. The van der Waals surface area contributed by atoms with Gasteiger partial charge >= 0.3 is 7.60 Å². The minimum absolute atomic E-state index is 0.555. The van der Waals surface area contributed by atoms with E-state index in [0.717, 1.165) is 16.7 Å². The molecule has 3 aromatic rings. The molecule has 0 unspecified atom stereocenters. The van der Waals surface area contributed by atoms with Crippen molar-refractivity contribution < 1.29 is 18.7 Å². The van der Waals surface area contributed by atoms with Crippen LogP contribution in [0.3, 0.4) is 0 Å². The van der Waals surface area contributed by atoms with Gasteiger partial charge in [0.25, 0.3) is 0 Å². The van der Waals surface area contributed by atoms with Gasteiger partial charge in [-0.05, 0) is 16.7 Å². The Kier molecular flexibility index (Phi) is 7.97. The summed E-state index contributed by atoms with van der Waals surface area (Å²) in [4.78, 5) is 2.11. The van der Waals surface area contributed by atoms with E-state index in [4.69, 9.17) is 9.05 Å². The highest BCUT2D eigenvalue weighted by Crippen LogP contribution is 2.55. The van der Waals surface area contributed by atoms with Crippen molar-refractivity contribution in [3.8, 4) is 0 Å². The molecule has 0 saturated heterocycles. The first-order chi connectivity index (χ1) is 14.6. The summed E-state index contributed by atoms with van der Waals surface area (Å²) in [6.45, 7) is 1.11. The normalized spacial score (nSPS) is 13.9. The van der Waals surface area contributed by atoms with Crippen molar-refractivity contribution in [3.05, 3.63) is 108 Å². The molecule has 0 amide bonds. The van der Waals surface area contributed by atoms with E-state index in [1.165, 1.54) is 14.2 Å². The second-order valence-corrected chi connectivity index (χ2v) is 9.39. The fourth-order valence-electron chi connectivity index (χ4n) is 3.57. The lowest BCUT2D eigenvalue weighted by Gasteiger charge is -2.37. The Morgan fingerprint density at radius 2 is 1.17 bits per heavy atom. The average molecular weight is 425 g/mol. The largest absolute Gasteiger partial charge is 0.379 e. The van der Waals surface area contributed by atoms with Crippen LogP contribution in [0, 0.1) is 0 Å². The van der Waals surface area contributed by atoms with Crippen LogP contribution in [0.4, 0.5) is 0 Å². The zero-order valence-corrected chi connectivity index (χ0v) is 18.2. The standard InChI is InChI=1S/C24H28NO4P/c1-28-30(27,29-2)24(26)23(22-16-10-5-11-17-22)25(18-20-12-6-3-7-13-20)19-21-14-8-4-9-15-21/h3-17,23-24,26H,18-19H2,1-2H3/t23-,24-/m0/s1. The van der Waals surface area contributed by atoms with Gasteiger partial charge in [0.15, 0.2) is 5.85 Å². The van der Waals surface area contributed by atoms with E-state index in [2.05, 4.69) is 4.90 Å². The number of benzene rings is 3. The topological polar surface area (TPSA) is 59.0 Å². The molecule has 0 aliphatic rings. The van der Waals surface area contributed by atoms with Crippen molar-refractivity contribution in [2.45, 2.75) is 25.0 Å². The Morgan fingerprint density at radius 1 is 0.767 bits per heavy atom. The zero-order valence-electron chi connectivity index (χ0n) is 17.3. The molecule has 0 aromatic heterocycles. The highest BCUT2D eigenvalue weighted by molar-refractivity contribution is 7.54. The maximum Gasteiger partial charge on any atom is 0.360 e. The number of aliphatic hydroxyl groups is 1. The van der Waals surface area contributed by atoms with Gasteiger partial charge < -0.3 is 14.2 Å². The number of nitrogens with zero attached hydrogens (tertiary/aromatic N) is 1. The molecule has 3 rings (SSSR count). The van der Waals surface area contributed by atoms with E-state index in [-0.39, 0.29) is 0 Å². The zero-order chi connectivity index (χ0) is 21.4. The highest BCUT2D eigenvalue weighted by Gasteiger charge is 2.42. The van der Waals surface area contributed by atoms with Crippen molar-refractivity contribution in [1.82, 2.24) is 4.90 Å². The van der Waals surface area contributed by atoms with E-state index >= 15 is 0 Å². The Morgan fingerprint density at radius 3 is 1.57 bits per heavy atom.